The molecular formula is C12H17NO3. The molecule has 0 bridgehead atoms. The first-order chi connectivity index (χ1) is 7.56. The fourth-order valence-electron chi connectivity index (χ4n) is 1.67. The van der Waals surface area contributed by atoms with Gasteiger partial charge in [0.25, 0.3) is 0 Å². The summed E-state index contributed by atoms with van der Waals surface area (Å²) in [4.78, 5) is 10.1. The van der Waals surface area contributed by atoms with Gasteiger partial charge in [-0.15, -0.1) is 0 Å². The number of phenolic OH excluding ortho intramolecular Hbond substituents is 1. The second-order valence-corrected chi connectivity index (χ2v) is 4.05. The van der Waals surface area contributed by atoms with Crippen molar-refractivity contribution in [1.29, 1.82) is 0 Å². The lowest BCUT2D eigenvalue weighted by Crippen LogP contribution is -1.96. The van der Waals surface area contributed by atoms with Crippen LogP contribution in [0.2, 0.25) is 0 Å². The number of aromatic hydroxyl groups is 1. The van der Waals surface area contributed by atoms with Gasteiger partial charge in [0.2, 0.25) is 0 Å². The van der Waals surface area contributed by atoms with E-state index >= 15 is 0 Å². The lowest BCUT2D eigenvalue weighted by atomic mass is 9.95. The van der Waals surface area contributed by atoms with E-state index in [9.17, 15) is 15.2 Å². The third kappa shape index (κ3) is 2.95. The van der Waals surface area contributed by atoms with Crippen LogP contribution in [0.25, 0.3) is 0 Å². The molecule has 4 heteroatoms. The zero-order valence-electron chi connectivity index (χ0n) is 9.64. The molecular weight excluding hydrogens is 206 g/mol. The number of nitro groups is 1. The Hall–Kier alpha value is -1.58. The molecule has 1 N–H and O–H groups in total. The first kappa shape index (κ1) is 12.5. The lowest BCUT2D eigenvalue weighted by molar-refractivity contribution is -0.385. The monoisotopic (exact) mass is 223 g/mol. The first-order valence-corrected chi connectivity index (χ1v) is 5.53. The zero-order valence-corrected chi connectivity index (χ0v) is 9.64. The molecule has 1 atom stereocenters. The maximum absolute atomic E-state index is 10.7. The van der Waals surface area contributed by atoms with E-state index in [0.717, 1.165) is 24.8 Å². The van der Waals surface area contributed by atoms with Gasteiger partial charge in [-0.25, -0.2) is 0 Å². The summed E-state index contributed by atoms with van der Waals surface area (Å²) in [6, 6.07) is 4.62. The highest BCUT2D eigenvalue weighted by molar-refractivity contribution is 5.48. The van der Waals surface area contributed by atoms with Gasteiger partial charge in [0.15, 0.2) is 5.75 Å². The minimum absolute atomic E-state index is 0.208. The highest BCUT2D eigenvalue weighted by Crippen LogP contribution is 2.31. The van der Waals surface area contributed by atoms with Crippen LogP contribution in [0.15, 0.2) is 18.2 Å². The molecule has 4 nitrogen and oxygen atoms in total. The number of unbranched alkanes of at least 4 members (excludes halogenated alkanes) is 1. The summed E-state index contributed by atoms with van der Waals surface area (Å²) in [5, 5.41) is 20.0. The summed E-state index contributed by atoms with van der Waals surface area (Å²) in [5.74, 6) is 0.0238. The Morgan fingerprint density at radius 1 is 1.50 bits per heavy atom. The Kier molecular flexibility index (Phi) is 4.28. The molecule has 0 aliphatic rings. The fraction of sp³-hybridized carbons (Fsp3) is 0.500. The zero-order chi connectivity index (χ0) is 12.1. The van der Waals surface area contributed by atoms with E-state index in [1.165, 1.54) is 12.1 Å². The van der Waals surface area contributed by atoms with E-state index in [4.69, 9.17) is 0 Å². The van der Waals surface area contributed by atoms with Gasteiger partial charge in [-0.2, -0.15) is 0 Å². The van der Waals surface area contributed by atoms with Crippen molar-refractivity contribution in [2.24, 2.45) is 0 Å². The maximum Gasteiger partial charge on any atom is 0.310 e. The van der Waals surface area contributed by atoms with E-state index in [1.807, 2.05) is 6.92 Å². The molecule has 0 spiro atoms. The SMILES string of the molecule is CCCCC(C)c1ccc(O)c([N+](=O)[O-])c1. The number of benzene rings is 1. The van der Waals surface area contributed by atoms with Gasteiger partial charge in [0, 0.05) is 6.07 Å². The van der Waals surface area contributed by atoms with Crippen molar-refractivity contribution >= 4 is 5.69 Å². The van der Waals surface area contributed by atoms with Crippen LogP contribution in [-0.4, -0.2) is 10.0 Å². The second-order valence-electron chi connectivity index (χ2n) is 4.05. The maximum atomic E-state index is 10.7. The smallest absolute Gasteiger partial charge is 0.310 e. The Morgan fingerprint density at radius 2 is 2.19 bits per heavy atom. The number of hydrogen-bond acceptors (Lipinski definition) is 3. The molecule has 1 unspecified atom stereocenters. The summed E-state index contributed by atoms with van der Waals surface area (Å²) in [7, 11) is 0. The van der Waals surface area contributed by atoms with Gasteiger partial charge >= 0.3 is 5.69 Å². The van der Waals surface area contributed by atoms with Crippen LogP contribution in [0.5, 0.6) is 5.75 Å². The van der Waals surface area contributed by atoms with Crippen LogP contribution in [0.4, 0.5) is 5.69 Å². The Balaban J connectivity index is 2.89. The summed E-state index contributed by atoms with van der Waals surface area (Å²) in [6.07, 6.45) is 3.23. The molecule has 1 aromatic rings. The van der Waals surface area contributed by atoms with Gasteiger partial charge < -0.3 is 5.11 Å². The summed E-state index contributed by atoms with van der Waals surface area (Å²) in [5.41, 5.74) is 0.707. The first-order valence-electron chi connectivity index (χ1n) is 5.53. The number of phenols is 1. The fourth-order valence-corrected chi connectivity index (χ4v) is 1.67. The normalized spacial score (nSPS) is 12.4. The number of nitrogens with zero attached hydrogens (tertiary/aromatic N) is 1. The predicted octanol–water partition coefficient (Wildman–Crippen LogP) is 3.59. The molecule has 16 heavy (non-hydrogen) atoms. The average molecular weight is 223 g/mol. The number of hydrogen-bond donors (Lipinski definition) is 1. The third-order valence-corrected chi connectivity index (χ3v) is 2.76. The summed E-state index contributed by atoms with van der Waals surface area (Å²) in [6.45, 7) is 4.16. The van der Waals surface area contributed by atoms with Gasteiger partial charge in [-0.05, 0) is 24.0 Å². The molecule has 0 saturated heterocycles. The number of rotatable bonds is 5. The molecule has 0 heterocycles. The largest absolute Gasteiger partial charge is 0.502 e. The molecule has 1 aromatic carbocycles. The average Bonchev–Trinajstić information content (AvgIpc) is 2.26. The quantitative estimate of drug-likeness (QED) is 0.612. The van der Waals surface area contributed by atoms with Crippen molar-refractivity contribution in [3.63, 3.8) is 0 Å². The molecule has 1 rings (SSSR count). The topological polar surface area (TPSA) is 63.4 Å². The minimum atomic E-state index is -0.550. The highest BCUT2D eigenvalue weighted by atomic mass is 16.6. The molecule has 0 saturated carbocycles. The van der Waals surface area contributed by atoms with Gasteiger partial charge in [-0.1, -0.05) is 32.8 Å². The van der Waals surface area contributed by atoms with Crippen molar-refractivity contribution in [2.75, 3.05) is 0 Å². The van der Waals surface area contributed by atoms with E-state index < -0.39 is 4.92 Å². The standard InChI is InChI=1S/C12H17NO3/c1-3-4-5-9(2)10-6-7-12(14)11(8-10)13(15)16/h6-9,14H,3-5H2,1-2H3. The van der Waals surface area contributed by atoms with E-state index in [-0.39, 0.29) is 11.4 Å². The van der Waals surface area contributed by atoms with E-state index in [0.29, 0.717) is 5.92 Å². The van der Waals surface area contributed by atoms with Crippen LogP contribution in [0, 0.1) is 10.1 Å². The van der Waals surface area contributed by atoms with E-state index in [2.05, 4.69) is 6.92 Å². The molecule has 0 aliphatic heterocycles. The van der Waals surface area contributed by atoms with Crippen molar-refractivity contribution < 1.29 is 10.0 Å². The Bertz CT molecular complexity index is 377. The van der Waals surface area contributed by atoms with Crippen LogP contribution in [-0.2, 0) is 0 Å². The number of nitro benzene ring substituents is 1. The van der Waals surface area contributed by atoms with Crippen LogP contribution >= 0.6 is 0 Å². The van der Waals surface area contributed by atoms with Crippen molar-refractivity contribution in [2.45, 2.75) is 39.0 Å². The van der Waals surface area contributed by atoms with Crippen molar-refractivity contribution in [3.8, 4) is 5.75 Å². The van der Waals surface area contributed by atoms with Gasteiger partial charge in [0.05, 0.1) is 4.92 Å². The third-order valence-electron chi connectivity index (χ3n) is 2.76. The Labute approximate surface area is 95.1 Å². The summed E-state index contributed by atoms with van der Waals surface area (Å²) < 4.78 is 0. The molecule has 88 valence electrons. The Morgan fingerprint density at radius 3 is 2.75 bits per heavy atom. The van der Waals surface area contributed by atoms with Gasteiger partial charge in [0.1, 0.15) is 0 Å². The van der Waals surface area contributed by atoms with Crippen LogP contribution in [0.1, 0.15) is 44.6 Å². The molecule has 0 aromatic heterocycles. The predicted molar refractivity (Wildman–Crippen MR) is 62.7 cm³/mol. The molecule has 0 radical (unpaired) electrons. The molecule has 0 aliphatic carbocycles. The van der Waals surface area contributed by atoms with E-state index in [1.54, 1.807) is 6.07 Å². The summed E-state index contributed by atoms with van der Waals surface area (Å²) >= 11 is 0. The van der Waals surface area contributed by atoms with Crippen LogP contribution < -0.4 is 0 Å². The molecule has 0 fully saturated rings. The van der Waals surface area contributed by atoms with Crippen LogP contribution in [0.3, 0.4) is 0 Å². The minimum Gasteiger partial charge on any atom is -0.502 e. The van der Waals surface area contributed by atoms with Crippen molar-refractivity contribution in [3.05, 3.63) is 33.9 Å². The second kappa shape index (κ2) is 5.49. The molecule has 0 amide bonds. The van der Waals surface area contributed by atoms with Gasteiger partial charge in [-0.3, -0.25) is 10.1 Å². The van der Waals surface area contributed by atoms with Crippen molar-refractivity contribution in [1.82, 2.24) is 0 Å². The lowest BCUT2D eigenvalue weighted by Gasteiger charge is -2.11. The highest BCUT2D eigenvalue weighted by Gasteiger charge is 2.15.